The number of aromatic nitrogens is 2. The van der Waals surface area contributed by atoms with Crippen molar-refractivity contribution < 1.29 is 0 Å². The first-order valence-electron chi connectivity index (χ1n) is 8.05. The van der Waals surface area contributed by atoms with E-state index in [0.717, 1.165) is 50.3 Å². The van der Waals surface area contributed by atoms with Crippen LogP contribution in [0.2, 0.25) is 0 Å². The van der Waals surface area contributed by atoms with Gasteiger partial charge in [0.2, 0.25) is 5.95 Å². The van der Waals surface area contributed by atoms with E-state index in [0.29, 0.717) is 0 Å². The van der Waals surface area contributed by atoms with E-state index < -0.39 is 0 Å². The normalized spacial score (nSPS) is 14.7. The Hall–Kier alpha value is -1.20. The summed E-state index contributed by atoms with van der Waals surface area (Å²) in [6.45, 7) is 8.18. The van der Waals surface area contributed by atoms with E-state index in [1.807, 2.05) is 6.20 Å². The number of hydrogen-bond donors (Lipinski definition) is 1. The highest BCUT2D eigenvalue weighted by Gasteiger charge is 2.20. The van der Waals surface area contributed by atoms with Crippen molar-refractivity contribution in [3.05, 3.63) is 17.5 Å². The SMILES string of the molecule is CCCN(CCN(C)C)c1ncc(CNC2CC2)c(C)n1. The van der Waals surface area contributed by atoms with Gasteiger partial charge in [-0.25, -0.2) is 9.97 Å². The van der Waals surface area contributed by atoms with Crippen molar-refractivity contribution in [2.45, 2.75) is 45.7 Å². The molecule has 1 fully saturated rings. The Bertz CT molecular complexity index is 442. The van der Waals surface area contributed by atoms with Crippen molar-refractivity contribution in [1.82, 2.24) is 20.2 Å². The summed E-state index contributed by atoms with van der Waals surface area (Å²) in [6, 6.07) is 0.723. The van der Waals surface area contributed by atoms with Crippen molar-refractivity contribution in [3.8, 4) is 0 Å². The lowest BCUT2D eigenvalue weighted by Crippen LogP contribution is -2.33. The molecule has 118 valence electrons. The Balaban J connectivity index is 1.99. The molecular formula is C16H29N5. The second-order valence-electron chi connectivity index (χ2n) is 6.23. The molecule has 1 N–H and O–H groups in total. The van der Waals surface area contributed by atoms with Crippen LogP contribution in [0.5, 0.6) is 0 Å². The fraction of sp³-hybridized carbons (Fsp3) is 0.750. The Morgan fingerprint density at radius 3 is 2.57 bits per heavy atom. The van der Waals surface area contributed by atoms with Crippen molar-refractivity contribution in [2.24, 2.45) is 0 Å². The van der Waals surface area contributed by atoms with E-state index >= 15 is 0 Å². The highest BCUT2D eigenvalue weighted by molar-refractivity contribution is 5.33. The fourth-order valence-electron chi connectivity index (χ4n) is 2.25. The van der Waals surface area contributed by atoms with Gasteiger partial charge in [-0.05, 0) is 40.3 Å². The maximum Gasteiger partial charge on any atom is 0.225 e. The lowest BCUT2D eigenvalue weighted by atomic mass is 10.2. The van der Waals surface area contributed by atoms with Gasteiger partial charge in [0, 0.05) is 49.7 Å². The number of nitrogens with zero attached hydrogens (tertiary/aromatic N) is 4. The van der Waals surface area contributed by atoms with E-state index in [2.05, 4.69) is 48.0 Å². The molecule has 5 heteroatoms. The highest BCUT2D eigenvalue weighted by Crippen LogP contribution is 2.20. The van der Waals surface area contributed by atoms with Crippen LogP contribution in [0.3, 0.4) is 0 Å². The first kappa shape index (κ1) is 16.2. The molecule has 1 heterocycles. The van der Waals surface area contributed by atoms with Gasteiger partial charge in [-0.2, -0.15) is 0 Å². The number of likely N-dealkylation sites (N-methyl/N-ethyl adjacent to an activating group) is 1. The largest absolute Gasteiger partial charge is 0.340 e. The van der Waals surface area contributed by atoms with E-state index in [-0.39, 0.29) is 0 Å². The fourth-order valence-corrected chi connectivity index (χ4v) is 2.25. The van der Waals surface area contributed by atoms with E-state index in [1.54, 1.807) is 0 Å². The summed E-state index contributed by atoms with van der Waals surface area (Å²) in [5, 5.41) is 3.53. The Labute approximate surface area is 128 Å². The maximum absolute atomic E-state index is 4.72. The van der Waals surface area contributed by atoms with Crippen molar-refractivity contribution in [2.75, 3.05) is 38.6 Å². The van der Waals surface area contributed by atoms with Crippen LogP contribution in [0, 0.1) is 6.92 Å². The van der Waals surface area contributed by atoms with Gasteiger partial charge < -0.3 is 15.1 Å². The minimum Gasteiger partial charge on any atom is -0.340 e. The van der Waals surface area contributed by atoms with E-state index in [1.165, 1.54) is 18.4 Å². The summed E-state index contributed by atoms with van der Waals surface area (Å²) in [5.41, 5.74) is 2.31. The summed E-state index contributed by atoms with van der Waals surface area (Å²) in [5.74, 6) is 0.867. The van der Waals surface area contributed by atoms with Crippen LogP contribution in [0.15, 0.2) is 6.20 Å². The van der Waals surface area contributed by atoms with Gasteiger partial charge in [-0.15, -0.1) is 0 Å². The van der Waals surface area contributed by atoms with Crippen LogP contribution in [0.4, 0.5) is 5.95 Å². The molecule has 1 aliphatic carbocycles. The molecule has 1 saturated carbocycles. The van der Waals surface area contributed by atoms with Gasteiger partial charge in [0.25, 0.3) is 0 Å². The van der Waals surface area contributed by atoms with Crippen LogP contribution in [0.1, 0.15) is 37.4 Å². The van der Waals surface area contributed by atoms with Gasteiger partial charge in [0.15, 0.2) is 0 Å². The smallest absolute Gasteiger partial charge is 0.225 e. The molecule has 0 radical (unpaired) electrons. The van der Waals surface area contributed by atoms with Gasteiger partial charge in [0.1, 0.15) is 0 Å². The third-order valence-electron chi connectivity index (χ3n) is 3.82. The molecule has 5 nitrogen and oxygen atoms in total. The predicted molar refractivity (Wildman–Crippen MR) is 87.7 cm³/mol. The summed E-state index contributed by atoms with van der Waals surface area (Å²) in [7, 11) is 4.20. The molecule has 0 spiro atoms. The van der Waals surface area contributed by atoms with Crippen LogP contribution in [-0.2, 0) is 6.54 Å². The molecule has 0 atom stereocenters. The molecule has 1 aliphatic rings. The minimum atomic E-state index is 0.723. The number of rotatable bonds is 9. The standard InChI is InChI=1S/C16H29N5/c1-5-8-21(10-9-20(3)4)16-18-12-14(13(2)19-16)11-17-15-6-7-15/h12,15,17H,5-11H2,1-4H3. The van der Waals surface area contributed by atoms with Crippen LogP contribution in [0.25, 0.3) is 0 Å². The minimum absolute atomic E-state index is 0.723. The zero-order chi connectivity index (χ0) is 15.2. The maximum atomic E-state index is 4.72. The number of anilines is 1. The summed E-state index contributed by atoms with van der Waals surface area (Å²) in [4.78, 5) is 13.8. The quantitative estimate of drug-likeness (QED) is 0.752. The molecule has 0 aliphatic heterocycles. The molecule has 0 aromatic carbocycles. The van der Waals surface area contributed by atoms with Gasteiger partial charge >= 0.3 is 0 Å². The number of nitrogens with one attached hydrogen (secondary N) is 1. The predicted octanol–water partition coefficient (Wildman–Crippen LogP) is 1.82. The Kier molecular flexibility index (Phi) is 5.94. The topological polar surface area (TPSA) is 44.3 Å². The average molecular weight is 291 g/mol. The zero-order valence-electron chi connectivity index (χ0n) is 13.9. The summed E-state index contributed by atoms with van der Waals surface area (Å²) < 4.78 is 0. The Morgan fingerprint density at radius 2 is 2.00 bits per heavy atom. The molecule has 1 aromatic rings. The molecule has 0 saturated heterocycles. The summed E-state index contributed by atoms with van der Waals surface area (Å²) >= 11 is 0. The molecule has 1 aromatic heterocycles. The first-order valence-corrected chi connectivity index (χ1v) is 8.05. The average Bonchev–Trinajstić information content (AvgIpc) is 3.26. The van der Waals surface area contributed by atoms with Gasteiger partial charge in [-0.3, -0.25) is 0 Å². The molecule has 0 bridgehead atoms. The van der Waals surface area contributed by atoms with Crippen molar-refractivity contribution >= 4 is 5.95 Å². The summed E-state index contributed by atoms with van der Waals surface area (Å²) in [6.07, 6.45) is 5.73. The van der Waals surface area contributed by atoms with Gasteiger partial charge in [0.05, 0.1) is 0 Å². The van der Waals surface area contributed by atoms with Crippen LogP contribution in [-0.4, -0.2) is 54.6 Å². The van der Waals surface area contributed by atoms with Crippen molar-refractivity contribution in [1.29, 1.82) is 0 Å². The van der Waals surface area contributed by atoms with Gasteiger partial charge in [-0.1, -0.05) is 6.92 Å². The molecular weight excluding hydrogens is 262 g/mol. The second-order valence-corrected chi connectivity index (χ2v) is 6.23. The highest BCUT2D eigenvalue weighted by atomic mass is 15.3. The van der Waals surface area contributed by atoms with Crippen molar-refractivity contribution in [3.63, 3.8) is 0 Å². The molecule has 2 rings (SSSR count). The molecule has 21 heavy (non-hydrogen) atoms. The number of hydrogen-bond acceptors (Lipinski definition) is 5. The monoisotopic (exact) mass is 291 g/mol. The van der Waals surface area contributed by atoms with E-state index in [4.69, 9.17) is 4.98 Å². The van der Waals surface area contributed by atoms with Crippen LogP contribution < -0.4 is 10.2 Å². The third kappa shape index (κ3) is 5.25. The second kappa shape index (κ2) is 7.71. The van der Waals surface area contributed by atoms with E-state index in [9.17, 15) is 0 Å². The Morgan fingerprint density at radius 1 is 1.24 bits per heavy atom. The lowest BCUT2D eigenvalue weighted by molar-refractivity contribution is 0.411. The molecule has 0 unspecified atom stereocenters. The van der Waals surface area contributed by atoms with Crippen LogP contribution >= 0.6 is 0 Å². The molecule has 0 amide bonds. The lowest BCUT2D eigenvalue weighted by Gasteiger charge is -2.24. The first-order chi connectivity index (χ1) is 10.1. The third-order valence-corrected chi connectivity index (χ3v) is 3.82. The zero-order valence-corrected chi connectivity index (χ0v) is 13.9. The number of aryl methyl sites for hydroxylation is 1.